The zero-order chi connectivity index (χ0) is 15.6. The van der Waals surface area contributed by atoms with Gasteiger partial charge in [-0.15, -0.1) is 0 Å². The van der Waals surface area contributed by atoms with Crippen molar-refractivity contribution in [2.24, 2.45) is 0 Å². The molecule has 2 aromatic heterocycles. The molecule has 4 heteroatoms. The summed E-state index contributed by atoms with van der Waals surface area (Å²) in [6, 6.07) is 9.01. The summed E-state index contributed by atoms with van der Waals surface area (Å²) in [5.41, 5.74) is 3.95. The molecule has 0 amide bonds. The first kappa shape index (κ1) is 13.2. The number of imidazole rings is 1. The third-order valence-corrected chi connectivity index (χ3v) is 5.76. The fourth-order valence-corrected chi connectivity index (χ4v) is 4.83. The number of fused-ring (bicyclic) bond motifs is 4. The molecule has 0 bridgehead atoms. The highest BCUT2D eigenvalue weighted by molar-refractivity contribution is 5.62. The van der Waals surface area contributed by atoms with Gasteiger partial charge in [0.05, 0.1) is 11.7 Å². The van der Waals surface area contributed by atoms with E-state index in [9.17, 15) is 0 Å². The van der Waals surface area contributed by atoms with Crippen molar-refractivity contribution in [2.75, 3.05) is 4.90 Å². The molecule has 0 radical (unpaired) electrons. The molecule has 1 unspecified atom stereocenters. The normalized spacial score (nSPS) is 22.3. The van der Waals surface area contributed by atoms with E-state index in [4.69, 9.17) is 4.42 Å². The number of aryl methyl sites for hydroxylation is 1. The van der Waals surface area contributed by atoms with Crippen LogP contribution >= 0.6 is 0 Å². The maximum atomic E-state index is 6.26. The molecule has 118 valence electrons. The molecule has 23 heavy (non-hydrogen) atoms. The minimum Gasteiger partial charge on any atom is -0.425 e. The van der Waals surface area contributed by atoms with Crippen LogP contribution in [0.25, 0.3) is 5.84 Å². The Morgan fingerprint density at radius 2 is 2.00 bits per heavy atom. The first-order valence-electron chi connectivity index (χ1n) is 8.53. The number of oxazole rings is 1. The Bertz CT molecular complexity index is 885. The lowest BCUT2D eigenvalue weighted by Gasteiger charge is -2.39. The minimum absolute atomic E-state index is 0.00155. The van der Waals surface area contributed by atoms with Crippen LogP contribution in [0.1, 0.15) is 55.7 Å². The van der Waals surface area contributed by atoms with E-state index in [0.29, 0.717) is 6.04 Å². The number of para-hydroxylation sites is 1. The molecule has 3 aromatic rings. The van der Waals surface area contributed by atoms with Crippen LogP contribution in [0.4, 0.5) is 5.69 Å². The molecule has 1 saturated carbocycles. The van der Waals surface area contributed by atoms with Gasteiger partial charge < -0.3 is 9.32 Å². The lowest BCUT2D eigenvalue weighted by Crippen LogP contribution is -2.40. The smallest absolute Gasteiger partial charge is 0.306 e. The Hall–Kier alpha value is -2.23. The zero-order valence-corrected chi connectivity index (χ0v) is 13.6. The van der Waals surface area contributed by atoms with Crippen LogP contribution in [0.5, 0.6) is 0 Å². The summed E-state index contributed by atoms with van der Waals surface area (Å²) < 4.78 is 8.40. The van der Waals surface area contributed by atoms with E-state index >= 15 is 0 Å². The van der Waals surface area contributed by atoms with Gasteiger partial charge in [0.2, 0.25) is 0 Å². The maximum Gasteiger partial charge on any atom is 0.306 e. The van der Waals surface area contributed by atoms with Crippen LogP contribution in [0, 0.1) is 6.92 Å². The van der Waals surface area contributed by atoms with Gasteiger partial charge in [0.15, 0.2) is 5.76 Å². The standard InChI is InChI=1S/C19H21N3O/c1-13-7-3-4-8-15(13)22-14(2)16-17(19(22)9-5-6-10-19)23-18-20-11-12-21(16)18/h3-4,7-8,11-12,14H,5-6,9-10H2,1-2H3. The average Bonchev–Trinajstić information content (AvgIpc) is 3.26. The van der Waals surface area contributed by atoms with Crippen molar-refractivity contribution < 1.29 is 4.42 Å². The average molecular weight is 307 g/mol. The van der Waals surface area contributed by atoms with Crippen LogP contribution in [0.3, 0.4) is 0 Å². The highest BCUT2D eigenvalue weighted by Crippen LogP contribution is 2.57. The fourth-order valence-electron chi connectivity index (χ4n) is 4.83. The lowest BCUT2D eigenvalue weighted by atomic mass is 9.93. The largest absolute Gasteiger partial charge is 0.425 e. The minimum atomic E-state index is 0.00155. The van der Waals surface area contributed by atoms with Gasteiger partial charge in [0.1, 0.15) is 5.54 Å². The number of anilines is 1. The molecule has 1 aliphatic heterocycles. The first-order valence-corrected chi connectivity index (χ1v) is 8.53. The van der Waals surface area contributed by atoms with E-state index in [0.717, 1.165) is 24.4 Å². The third-order valence-electron chi connectivity index (χ3n) is 5.76. The summed E-state index contributed by atoms with van der Waals surface area (Å²) in [7, 11) is 0. The summed E-state index contributed by atoms with van der Waals surface area (Å²) in [5.74, 6) is 1.88. The van der Waals surface area contributed by atoms with Crippen LogP contribution < -0.4 is 4.90 Å². The molecule has 0 N–H and O–H groups in total. The summed E-state index contributed by atoms with van der Waals surface area (Å²) in [6.07, 6.45) is 8.70. The van der Waals surface area contributed by atoms with E-state index in [1.165, 1.54) is 29.8 Å². The van der Waals surface area contributed by atoms with E-state index < -0.39 is 0 Å². The molecule has 5 rings (SSSR count). The van der Waals surface area contributed by atoms with Crippen LogP contribution in [-0.4, -0.2) is 9.38 Å². The Balaban J connectivity index is 1.78. The van der Waals surface area contributed by atoms with E-state index in [2.05, 4.69) is 52.4 Å². The van der Waals surface area contributed by atoms with Gasteiger partial charge in [-0.3, -0.25) is 4.40 Å². The van der Waals surface area contributed by atoms with Crippen LogP contribution in [0.15, 0.2) is 41.1 Å². The number of hydrogen-bond acceptors (Lipinski definition) is 3. The van der Waals surface area contributed by atoms with Crippen molar-refractivity contribution in [3.05, 3.63) is 53.7 Å². The number of aromatic nitrogens is 2. The third kappa shape index (κ3) is 1.54. The number of hydrogen-bond donors (Lipinski definition) is 0. The molecule has 1 spiro atoms. The molecular weight excluding hydrogens is 286 g/mol. The molecule has 1 atom stereocenters. The second-order valence-corrected chi connectivity index (χ2v) is 6.97. The Labute approximate surface area is 135 Å². The van der Waals surface area contributed by atoms with Crippen molar-refractivity contribution in [3.63, 3.8) is 0 Å². The van der Waals surface area contributed by atoms with Gasteiger partial charge in [0.25, 0.3) is 0 Å². The van der Waals surface area contributed by atoms with Crippen LogP contribution in [0.2, 0.25) is 0 Å². The molecule has 2 aliphatic rings. The van der Waals surface area contributed by atoms with Crippen LogP contribution in [-0.2, 0) is 5.54 Å². The fraction of sp³-hybridized carbons (Fsp3) is 0.421. The maximum absolute atomic E-state index is 6.26. The van der Waals surface area contributed by atoms with Gasteiger partial charge >= 0.3 is 5.84 Å². The number of benzene rings is 1. The molecule has 4 nitrogen and oxygen atoms in total. The summed E-state index contributed by atoms with van der Waals surface area (Å²) in [4.78, 5) is 6.98. The predicted molar refractivity (Wildman–Crippen MR) is 89.7 cm³/mol. The Kier molecular flexibility index (Phi) is 2.53. The SMILES string of the molecule is Cc1ccccc1N1C(C)c2c(oc3nccn23)C12CCCC2. The second kappa shape index (κ2) is 4.40. The Morgan fingerprint density at radius 3 is 2.78 bits per heavy atom. The second-order valence-electron chi connectivity index (χ2n) is 6.97. The number of nitrogens with zero attached hydrogens (tertiary/aromatic N) is 3. The lowest BCUT2D eigenvalue weighted by molar-refractivity contribution is 0.344. The number of rotatable bonds is 1. The van der Waals surface area contributed by atoms with E-state index in [1.54, 1.807) is 0 Å². The van der Waals surface area contributed by atoms with E-state index in [1.807, 2.05) is 12.4 Å². The van der Waals surface area contributed by atoms with Crippen molar-refractivity contribution in [1.29, 1.82) is 0 Å². The highest BCUT2D eigenvalue weighted by Gasteiger charge is 2.54. The quantitative estimate of drug-likeness (QED) is 0.659. The first-order chi connectivity index (χ1) is 11.2. The van der Waals surface area contributed by atoms with Gasteiger partial charge in [-0.1, -0.05) is 31.0 Å². The summed E-state index contributed by atoms with van der Waals surface area (Å²) >= 11 is 0. The highest BCUT2D eigenvalue weighted by atomic mass is 16.4. The molecule has 1 fully saturated rings. The molecule has 1 aliphatic carbocycles. The molecule has 1 aromatic carbocycles. The van der Waals surface area contributed by atoms with Gasteiger partial charge in [-0.25, -0.2) is 4.98 Å². The van der Waals surface area contributed by atoms with Gasteiger partial charge in [0, 0.05) is 18.1 Å². The summed E-state index contributed by atoms with van der Waals surface area (Å²) in [5, 5.41) is 0. The molecular formula is C19H21N3O. The van der Waals surface area contributed by atoms with Gasteiger partial charge in [-0.05, 0) is 38.3 Å². The van der Waals surface area contributed by atoms with Crippen molar-refractivity contribution >= 4 is 11.5 Å². The summed E-state index contributed by atoms with van der Waals surface area (Å²) in [6.45, 7) is 4.50. The topological polar surface area (TPSA) is 33.7 Å². The molecule has 0 saturated heterocycles. The Morgan fingerprint density at radius 1 is 1.22 bits per heavy atom. The monoisotopic (exact) mass is 307 g/mol. The van der Waals surface area contributed by atoms with Crippen molar-refractivity contribution in [3.8, 4) is 0 Å². The van der Waals surface area contributed by atoms with Crippen molar-refractivity contribution in [1.82, 2.24) is 9.38 Å². The van der Waals surface area contributed by atoms with Crippen molar-refractivity contribution in [2.45, 2.75) is 51.1 Å². The van der Waals surface area contributed by atoms with E-state index in [-0.39, 0.29) is 5.54 Å². The zero-order valence-electron chi connectivity index (χ0n) is 13.6. The van der Waals surface area contributed by atoms with Gasteiger partial charge in [-0.2, -0.15) is 0 Å². The predicted octanol–water partition coefficient (Wildman–Crippen LogP) is 4.59. The molecule has 3 heterocycles.